The van der Waals surface area contributed by atoms with Crippen molar-refractivity contribution in [3.63, 3.8) is 0 Å². The van der Waals surface area contributed by atoms with Crippen molar-refractivity contribution in [2.45, 2.75) is 11.3 Å². The molecule has 2 aromatic carbocycles. The van der Waals surface area contributed by atoms with E-state index in [9.17, 15) is 13.2 Å². The van der Waals surface area contributed by atoms with E-state index in [0.717, 1.165) is 6.26 Å². The van der Waals surface area contributed by atoms with Gasteiger partial charge in [-0.1, -0.05) is 35.9 Å². The van der Waals surface area contributed by atoms with Gasteiger partial charge in [0.1, 0.15) is 0 Å². The summed E-state index contributed by atoms with van der Waals surface area (Å²) in [7, 11) is -3.35. The van der Waals surface area contributed by atoms with Gasteiger partial charge in [0.25, 0.3) is 5.91 Å². The highest BCUT2D eigenvalue weighted by Crippen LogP contribution is 2.31. The first-order chi connectivity index (χ1) is 11.2. The van der Waals surface area contributed by atoms with Gasteiger partial charge in [-0.25, -0.2) is 8.42 Å². The molecule has 6 nitrogen and oxygen atoms in total. The highest BCUT2D eigenvalue weighted by atomic mass is 35.5. The molecule has 0 unspecified atom stereocenters. The molecular weight excluding hydrogens is 350 g/mol. The van der Waals surface area contributed by atoms with Gasteiger partial charge in [0, 0.05) is 11.3 Å². The van der Waals surface area contributed by atoms with E-state index in [1.54, 1.807) is 30.3 Å². The summed E-state index contributed by atoms with van der Waals surface area (Å²) in [6.45, 7) is 0. The highest BCUT2D eigenvalue weighted by molar-refractivity contribution is 7.90. The predicted molar refractivity (Wildman–Crippen MR) is 94.5 cm³/mol. The third-order valence-electron chi connectivity index (χ3n) is 3.27. The Morgan fingerprint density at radius 1 is 1.17 bits per heavy atom. The van der Waals surface area contributed by atoms with Crippen LogP contribution in [0.3, 0.4) is 0 Å². The van der Waals surface area contributed by atoms with Crippen molar-refractivity contribution in [2.75, 3.05) is 6.26 Å². The fourth-order valence-electron chi connectivity index (χ4n) is 2.24. The van der Waals surface area contributed by atoms with E-state index in [-0.39, 0.29) is 17.3 Å². The van der Waals surface area contributed by atoms with Crippen LogP contribution in [0.2, 0.25) is 5.02 Å². The molecule has 2 rings (SSSR count). The quantitative estimate of drug-likeness (QED) is 0.632. The average Bonchev–Trinajstić information content (AvgIpc) is 2.48. The monoisotopic (exact) mass is 365 g/mol. The van der Waals surface area contributed by atoms with E-state index in [1.807, 2.05) is 0 Å². The number of benzene rings is 2. The third-order valence-corrected chi connectivity index (χ3v) is 4.74. The van der Waals surface area contributed by atoms with Gasteiger partial charge in [-0.3, -0.25) is 4.79 Å². The Hall–Kier alpha value is -2.38. The molecule has 0 saturated carbocycles. The van der Waals surface area contributed by atoms with E-state index in [2.05, 4.69) is 4.99 Å². The largest absolute Gasteiger partial charge is 0.370 e. The first-order valence-corrected chi connectivity index (χ1v) is 9.16. The van der Waals surface area contributed by atoms with Crippen molar-refractivity contribution in [3.8, 4) is 11.1 Å². The van der Waals surface area contributed by atoms with E-state index >= 15 is 0 Å². The molecule has 0 aliphatic carbocycles. The molecule has 0 radical (unpaired) electrons. The van der Waals surface area contributed by atoms with Crippen molar-refractivity contribution in [3.05, 3.63) is 53.1 Å². The fraction of sp³-hybridized carbons (Fsp3) is 0.125. The lowest BCUT2D eigenvalue weighted by Crippen LogP contribution is -2.24. The molecule has 0 heterocycles. The fourth-order valence-corrected chi connectivity index (χ4v) is 3.15. The van der Waals surface area contributed by atoms with Crippen LogP contribution in [-0.2, 0) is 21.1 Å². The summed E-state index contributed by atoms with van der Waals surface area (Å²) < 4.78 is 23.5. The van der Waals surface area contributed by atoms with Crippen molar-refractivity contribution < 1.29 is 13.2 Å². The van der Waals surface area contributed by atoms with Gasteiger partial charge in [0.05, 0.1) is 11.3 Å². The lowest BCUT2D eigenvalue weighted by atomic mass is 9.97. The number of halogens is 1. The van der Waals surface area contributed by atoms with Crippen LogP contribution >= 0.6 is 11.6 Å². The summed E-state index contributed by atoms with van der Waals surface area (Å²) in [5, 5.41) is 0.372. The lowest BCUT2D eigenvalue weighted by Gasteiger charge is -2.11. The predicted octanol–water partition coefficient (Wildman–Crippen LogP) is 1.75. The second kappa shape index (κ2) is 7.02. The Morgan fingerprint density at radius 3 is 2.46 bits per heavy atom. The lowest BCUT2D eigenvalue weighted by molar-refractivity contribution is -0.117. The van der Waals surface area contributed by atoms with E-state index < -0.39 is 15.7 Å². The van der Waals surface area contributed by atoms with Crippen LogP contribution in [0.25, 0.3) is 11.1 Å². The summed E-state index contributed by atoms with van der Waals surface area (Å²) in [5.74, 6) is -0.865. The molecule has 24 heavy (non-hydrogen) atoms. The molecule has 0 atom stereocenters. The van der Waals surface area contributed by atoms with Gasteiger partial charge >= 0.3 is 0 Å². The zero-order chi connectivity index (χ0) is 17.9. The van der Waals surface area contributed by atoms with Gasteiger partial charge in [0.2, 0.25) is 0 Å². The molecule has 0 fully saturated rings. The maximum absolute atomic E-state index is 11.9. The van der Waals surface area contributed by atoms with Crippen LogP contribution in [0, 0.1) is 0 Å². The minimum absolute atomic E-state index is 0.101. The van der Waals surface area contributed by atoms with Crippen LogP contribution in [-0.4, -0.2) is 26.5 Å². The first kappa shape index (κ1) is 18.0. The topological polar surface area (TPSA) is 116 Å². The van der Waals surface area contributed by atoms with Gasteiger partial charge < -0.3 is 11.5 Å². The maximum atomic E-state index is 11.9. The molecule has 0 aliphatic heterocycles. The van der Waals surface area contributed by atoms with Gasteiger partial charge in [-0.2, -0.15) is 4.99 Å². The Morgan fingerprint density at radius 2 is 1.83 bits per heavy atom. The Labute approximate surface area is 145 Å². The number of hydrogen-bond donors (Lipinski definition) is 2. The summed E-state index contributed by atoms with van der Waals surface area (Å²) in [6, 6.07) is 11.5. The molecule has 0 aliphatic rings. The molecule has 0 spiro atoms. The summed E-state index contributed by atoms with van der Waals surface area (Å²) in [4.78, 5) is 15.5. The van der Waals surface area contributed by atoms with Crippen LogP contribution in [0.4, 0.5) is 0 Å². The number of sulfone groups is 1. The molecule has 0 aromatic heterocycles. The molecule has 4 N–H and O–H groups in total. The molecule has 0 bridgehead atoms. The number of rotatable bonds is 4. The Balaban J connectivity index is 2.54. The SMILES string of the molecule is CS(=O)(=O)c1cccc(-c2cccc(Cl)c2CC(=O)N=C(N)N)c1. The van der Waals surface area contributed by atoms with Gasteiger partial charge in [-0.15, -0.1) is 0 Å². The third kappa shape index (κ3) is 4.33. The number of carbonyl (C=O) groups is 1. The summed E-state index contributed by atoms with van der Waals surface area (Å²) in [5.41, 5.74) is 12.2. The number of amides is 1. The standard InChI is InChI=1S/C16H16ClN3O3S/c1-24(22,23)11-5-2-4-10(8-11)12-6-3-7-14(17)13(12)9-15(21)20-16(18)19/h2-8H,9H2,1H3,(H4,18,19,20,21). The molecule has 126 valence electrons. The zero-order valence-corrected chi connectivity index (χ0v) is 14.4. The molecule has 8 heteroatoms. The van der Waals surface area contributed by atoms with Gasteiger partial charge in [-0.05, 0) is 34.9 Å². The zero-order valence-electron chi connectivity index (χ0n) is 12.9. The van der Waals surface area contributed by atoms with Crippen molar-refractivity contribution in [1.82, 2.24) is 0 Å². The molecule has 2 aromatic rings. The molecule has 0 saturated heterocycles. The average molecular weight is 366 g/mol. The number of nitrogens with two attached hydrogens (primary N) is 2. The van der Waals surface area contributed by atoms with Crippen molar-refractivity contribution in [1.29, 1.82) is 0 Å². The minimum Gasteiger partial charge on any atom is -0.370 e. The van der Waals surface area contributed by atoms with E-state index in [4.69, 9.17) is 23.1 Å². The first-order valence-electron chi connectivity index (χ1n) is 6.89. The smallest absolute Gasteiger partial charge is 0.253 e. The number of carbonyl (C=O) groups excluding carboxylic acids is 1. The summed E-state index contributed by atoms with van der Waals surface area (Å²) >= 11 is 6.21. The summed E-state index contributed by atoms with van der Waals surface area (Å²) in [6.07, 6.45) is 1.03. The Bertz CT molecular complexity index is 920. The van der Waals surface area contributed by atoms with Crippen LogP contribution in [0.1, 0.15) is 5.56 Å². The number of nitrogens with zero attached hydrogens (tertiary/aromatic N) is 1. The van der Waals surface area contributed by atoms with Crippen LogP contribution in [0.15, 0.2) is 52.4 Å². The van der Waals surface area contributed by atoms with Gasteiger partial charge in [0.15, 0.2) is 15.8 Å². The van der Waals surface area contributed by atoms with Crippen molar-refractivity contribution in [2.24, 2.45) is 16.5 Å². The number of hydrogen-bond acceptors (Lipinski definition) is 3. The van der Waals surface area contributed by atoms with Crippen LogP contribution < -0.4 is 11.5 Å². The minimum atomic E-state index is -3.35. The van der Waals surface area contributed by atoms with Crippen LogP contribution in [0.5, 0.6) is 0 Å². The molecule has 1 amide bonds. The second-order valence-electron chi connectivity index (χ2n) is 5.17. The van der Waals surface area contributed by atoms with E-state index in [1.165, 1.54) is 12.1 Å². The normalized spacial score (nSPS) is 11.1. The number of aliphatic imine (C=N–C) groups is 1. The maximum Gasteiger partial charge on any atom is 0.253 e. The van der Waals surface area contributed by atoms with E-state index in [0.29, 0.717) is 21.7 Å². The van der Waals surface area contributed by atoms with Crippen molar-refractivity contribution >= 4 is 33.3 Å². The highest BCUT2D eigenvalue weighted by Gasteiger charge is 2.15. The molecular formula is C16H16ClN3O3S. The number of guanidine groups is 1. The Kier molecular flexibility index (Phi) is 5.26. The second-order valence-corrected chi connectivity index (χ2v) is 7.60.